The zero-order valence-electron chi connectivity index (χ0n) is 16.2. The molecule has 29 heavy (non-hydrogen) atoms. The van der Waals surface area contributed by atoms with Crippen LogP contribution in [0.25, 0.3) is 10.9 Å². The number of anilines is 1. The van der Waals surface area contributed by atoms with Crippen LogP contribution in [-0.2, 0) is 4.79 Å². The lowest BCUT2D eigenvalue weighted by atomic mass is 10.1. The molecule has 0 unspecified atom stereocenters. The Kier molecular flexibility index (Phi) is 6.42. The van der Waals surface area contributed by atoms with Gasteiger partial charge >= 0.3 is 0 Å². The molecule has 148 valence electrons. The van der Waals surface area contributed by atoms with Gasteiger partial charge in [-0.25, -0.2) is 4.98 Å². The highest BCUT2D eigenvalue weighted by atomic mass is 32.2. The average Bonchev–Trinajstić information content (AvgIpc) is 2.76. The van der Waals surface area contributed by atoms with Gasteiger partial charge in [-0.1, -0.05) is 11.8 Å². The van der Waals surface area contributed by atoms with Gasteiger partial charge < -0.3 is 19.5 Å². The van der Waals surface area contributed by atoms with E-state index in [-0.39, 0.29) is 11.7 Å². The number of thioether (sulfide) groups is 1. The Labute approximate surface area is 172 Å². The molecule has 0 aliphatic heterocycles. The van der Waals surface area contributed by atoms with Gasteiger partial charge in [0.2, 0.25) is 5.91 Å². The van der Waals surface area contributed by atoms with Crippen LogP contribution in [0.4, 0.5) is 5.69 Å². The highest BCUT2D eigenvalue weighted by molar-refractivity contribution is 8.00. The van der Waals surface area contributed by atoms with E-state index in [1.807, 2.05) is 0 Å². The number of nitrogens with one attached hydrogen (secondary N) is 1. The SMILES string of the molecule is COc1ccc(NC(=O)CSc2nc3cc(OC)c(OC)cc3cc2C#N)cc1. The summed E-state index contributed by atoms with van der Waals surface area (Å²) in [7, 11) is 4.68. The molecule has 1 amide bonds. The third-order valence-corrected chi connectivity index (χ3v) is 5.11. The lowest BCUT2D eigenvalue weighted by molar-refractivity contribution is -0.113. The van der Waals surface area contributed by atoms with Crippen LogP contribution in [0, 0.1) is 11.3 Å². The predicted octanol–water partition coefficient (Wildman–Crippen LogP) is 3.86. The van der Waals surface area contributed by atoms with E-state index in [1.165, 1.54) is 11.8 Å². The van der Waals surface area contributed by atoms with Gasteiger partial charge in [0, 0.05) is 17.1 Å². The monoisotopic (exact) mass is 409 g/mol. The van der Waals surface area contributed by atoms with Crippen LogP contribution in [0.2, 0.25) is 0 Å². The molecule has 0 aliphatic rings. The van der Waals surface area contributed by atoms with Gasteiger partial charge in [0.25, 0.3) is 0 Å². The summed E-state index contributed by atoms with van der Waals surface area (Å²) in [5.74, 6) is 1.74. The minimum Gasteiger partial charge on any atom is -0.497 e. The second-order valence-electron chi connectivity index (χ2n) is 5.92. The van der Waals surface area contributed by atoms with Crippen molar-refractivity contribution in [3.63, 3.8) is 0 Å². The molecule has 2 aromatic carbocycles. The first-order valence-corrected chi connectivity index (χ1v) is 9.60. The van der Waals surface area contributed by atoms with Crippen LogP contribution in [0.1, 0.15) is 5.56 Å². The first-order chi connectivity index (χ1) is 14.1. The molecule has 1 heterocycles. The van der Waals surface area contributed by atoms with Gasteiger partial charge in [-0.3, -0.25) is 4.79 Å². The van der Waals surface area contributed by atoms with Crippen molar-refractivity contribution in [3.05, 3.63) is 48.0 Å². The highest BCUT2D eigenvalue weighted by Crippen LogP contribution is 2.33. The number of rotatable bonds is 7. The zero-order chi connectivity index (χ0) is 20.8. The molecule has 1 N–H and O–H groups in total. The molecule has 0 bridgehead atoms. The lowest BCUT2D eigenvalue weighted by Gasteiger charge is -2.11. The second kappa shape index (κ2) is 9.17. The molecule has 3 aromatic rings. The van der Waals surface area contributed by atoms with Gasteiger partial charge in [0.05, 0.1) is 38.2 Å². The first-order valence-electron chi connectivity index (χ1n) is 8.61. The number of carbonyl (C=O) groups excluding carboxylic acids is 1. The van der Waals surface area contributed by atoms with Crippen LogP contribution in [0.5, 0.6) is 17.2 Å². The maximum absolute atomic E-state index is 12.3. The fourth-order valence-corrected chi connectivity index (χ4v) is 3.44. The number of nitrogens with zero attached hydrogens (tertiary/aromatic N) is 2. The summed E-state index contributed by atoms with van der Waals surface area (Å²) in [4.78, 5) is 16.8. The summed E-state index contributed by atoms with van der Waals surface area (Å²) in [5.41, 5.74) is 1.71. The van der Waals surface area contributed by atoms with Gasteiger partial charge in [-0.2, -0.15) is 5.26 Å². The van der Waals surface area contributed by atoms with Gasteiger partial charge in [-0.15, -0.1) is 0 Å². The first kappa shape index (κ1) is 20.3. The fraction of sp³-hybridized carbons (Fsp3) is 0.190. The number of benzene rings is 2. The van der Waals surface area contributed by atoms with Crippen LogP contribution in [0.3, 0.4) is 0 Å². The summed E-state index contributed by atoms with van der Waals surface area (Å²) in [6.07, 6.45) is 0. The van der Waals surface area contributed by atoms with Crippen molar-refractivity contribution in [2.45, 2.75) is 5.03 Å². The lowest BCUT2D eigenvalue weighted by Crippen LogP contribution is -2.14. The minimum absolute atomic E-state index is 0.118. The molecule has 7 nitrogen and oxygen atoms in total. The Balaban J connectivity index is 1.77. The van der Waals surface area contributed by atoms with Crippen LogP contribution in [0.15, 0.2) is 47.5 Å². The van der Waals surface area contributed by atoms with Gasteiger partial charge in [0.15, 0.2) is 11.5 Å². The minimum atomic E-state index is -0.196. The largest absolute Gasteiger partial charge is 0.497 e. The number of hydrogen-bond donors (Lipinski definition) is 1. The Morgan fingerprint density at radius 1 is 1.07 bits per heavy atom. The van der Waals surface area contributed by atoms with E-state index < -0.39 is 0 Å². The molecule has 0 saturated carbocycles. The van der Waals surface area contributed by atoms with Crippen molar-refractivity contribution in [3.8, 4) is 23.3 Å². The number of carbonyl (C=O) groups is 1. The molecule has 0 aliphatic carbocycles. The quantitative estimate of drug-likeness (QED) is 0.592. The van der Waals surface area contributed by atoms with E-state index in [0.717, 1.165) is 5.39 Å². The molecule has 0 spiro atoms. The maximum atomic E-state index is 12.3. The number of fused-ring (bicyclic) bond motifs is 1. The van der Waals surface area contributed by atoms with Gasteiger partial charge in [0.1, 0.15) is 16.8 Å². The molecular weight excluding hydrogens is 390 g/mol. The van der Waals surface area contributed by atoms with E-state index in [0.29, 0.717) is 39.0 Å². The Morgan fingerprint density at radius 3 is 2.38 bits per heavy atom. The van der Waals surface area contributed by atoms with Crippen molar-refractivity contribution >= 4 is 34.3 Å². The number of ether oxygens (including phenoxy) is 3. The van der Waals surface area contributed by atoms with Crippen LogP contribution >= 0.6 is 11.8 Å². The van der Waals surface area contributed by atoms with E-state index in [9.17, 15) is 10.1 Å². The second-order valence-corrected chi connectivity index (χ2v) is 6.88. The molecular formula is C21H19N3O4S. The molecule has 0 radical (unpaired) electrons. The summed E-state index contributed by atoms with van der Waals surface area (Å²) >= 11 is 1.20. The van der Waals surface area contributed by atoms with E-state index >= 15 is 0 Å². The zero-order valence-corrected chi connectivity index (χ0v) is 17.0. The van der Waals surface area contributed by atoms with E-state index in [2.05, 4.69) is 16.4 Å². The molecule has 3 rings (SSSR count). The summed E-state index contributed by atoms with van der Waals surface area (Å²) in [6.45, 7) is 0. The summed E-state index contributed by atoms with van der Waals surface area (Å²) in [6, 6.07) is 14.4. The number of pyridine rings is 1. The van der Waals surface area contributed by atoms with Crippen molar-refractivity contribution in [2.75, 3.05) is 32.4 Å². The number of hydrogen-bond acceptors (Lipinski definition) is 7. The van der Waals surface area contributed by atoms with E-state index in [4.69, 9.17) is 14.2 Å². The number of aromatic nitrogens is 1. The van der Waals surface area contributed by atoms with Crippen molar-refractivity contribution < 1.29 is 19.0 Å². The normalized spacial score (nSPS) is 10.3. The summed E-state index contributed by atoms with van der Waals surface area (Å²) in [5, 5.41) is 13.5. The molecule has 0 atom stereocenters. The number of methoxy groups -OCH3 is 3. The maximum Gasteiger partial charge on any atom is 0.234 e. The predicted molar refractivity (Wildman–Crippen MR) is 112 cm³/mol. The average molecular weight is 409 g/mol. The topological polar surface area (TPSA) is 93.5 Å². The van der Waals surface area contributed by atoms with Crippen LogP contribution in [-0.4, -0.2) is 38.0 Å². The third-order valence-electron chi connectivity index (χ3n) is 4.12. The van der Waals surface area contributed by atoms with E-state index in [1.54, 1.807) is 63.8 Å². The summed E-state index contributed by atoms with van der Waals surface area (Å²) < 4.78 is 15.7. The fourth-order valence-electron chi connectivity index (χ4n) is 2.68. The molecule has 0 fully saturated rings. The van der Waals surface area contributed by atoms with Crippen molar-refractivity contribution in [1.29, 1.82) is 5.26 Å². The smallest absolute Gasteiger partial charge is 0.234 e. The molecule has 8 heteroatoms. The number of nitriles is 1. The highest BCUT2D eigenvalue weighted by Gasteiger charge is 2.13. The Hall–Kier alpha value is -3.44. The van der Waals surface area contributed by atoms with Gasteiger partial charge in [-0.05, 0) is 36.4 Å². The Bertz CT molecular complexity index is 1080. The van der Waals surface area contributed by atoms with Crippen LogP contribution < -0.4 is 19.5 Å². The standard InChI is InChI=1S/C21H19N3O4S/c1-26-16-6-4-15(5-7-16)23-20(25)12-29-21-14(11-22)8-13-9-18(27-2)19(28-3)10-17(13)24-21/h4-10H,12H2,1-3H3,(H,23,25). The number of amides is 1. The Morgan fingerprint density at radius 2 is 1.76 bits per heavy atom. The van der Waals surface area contributed by atoms with Crippen molar-refractivity contribution in [1.82, 2.24) is 4.98 Å². The third kappa shape index (κ3) is 4.70. The molecule has 1 aromatic heterocycles. The molecule has 0 saturated heterocycles. The van der Waals surface area contributed by atoms with Crippen molar-refractivity contribution in [2.24, 2.45) is 0 Å².